The Balaban J connectivity index is 1.86. The highest BCUT2D eigenvalue weighted by molar-refractivity contribution is 6.06. The molecule has 3 rings (SSSR count). The second-order valence-electron chi connectivity index (χ2n) is 5.02. The number of ketones is 2. The number of carbonyl (C=O) groups is 3. The summed E-state index contributed by atoms with van der Waals surface area (Å²) in [5, 5.41) is 0. The Labute approximate surface area is 110 Å². The van der Waals surface area contributed by atoms with Gasteiger partial charge in [-0.1, -0.05) is 0 Å². The van der Waals surface area contributed by atoms with Crippen LogP contribution in [0.15, 0.2) is 18.5 Å². The molecule has 0 radical (unpaired) electrons. The highest BCUT2D eigenvalue weighted by atomic mass is 16.2. The molecule has 1 aromatic heterocycles. The molecule has 2 aliphatic rings. The molecule has 5 nitrogen and oxygen atoms in total. The predicted octanol–water partition coefficient (Wildman–Crippen LogP) is 0.771. The fourth-order valence-electron chi connectivity index (χ4n) is 2.82. The second-order valence-corrected chi connectivity index (χ2v) is 5.02. The third kappa shape index (κ3) is 2.05. The van der Waals surface area contributed by atoms with Gasteiger partial charge >= 0.3 is 0 Å². The van der Waals surface area contributed by atoms with E-state index in [2.05, 4.69) is 4.98 Å². The van der Waals surface area contributed by atoms with Gasteiger partial charge in [0.15, 0.2) is 5.78 Å². The number of pyridine rings is 1. The Bertz CT molecular complexity index is 568. The Morgan fingerprint density at radius 1 is 1.21 bits per heavy atom. The molecule has 0 N–H and O–H groups in total. The van der Waals surface area contributed by atoms with Crippen LogP contribution in [0.1, 0.15) is 35.2 Å². The minimum absolute atomic E-state index is 0.0182. The van der Waals surface area contributed by atoms with E-state index >= 15 is 0 Å². The van der Waals surface area contributed by atoms with E-state index in [1.165, 1.54) is 0 Å². The summed E-state index contributed by atoms with van der Waals surface area (Å²) < 4.78 is 0. The molecule has 1 aliphatic carbocycles. The van der Waals surface area contributed by atoms with Gasteiger partial charge in [-0.25, -0.2) is 0 Å². The first kappa shape index (κ1) is 12.0. The minimum Gasteiger partial charge on any atom is -0.328 e. The molecule has 1 aliphatic heterocycles. The van der Waals surface area contributed by atoms with Crippen LogP contribution in [-0.2, 0) is 16.0 Å². The summed E-state index contributed by atoms with van der Waals surface area (Å²) in [5.74, 6) is -0.256. The molecule has 0 saturated heterocycles. The Morgan fingerprint density at radius 3 is 2.84 bits per heavy atom. The van der Waals surface area contributed by atoms with Crippen molar-refractivity contribution in [3.8, 4) is 0 Å². The molecule has 1 aromatic rings. The fourth-order valence-corrected chi connectivity index (χ4v) is 2.82. The van der Waals surface area contributed by atoms with Crippen molar-refractivity contribution >= 4 is 17.5 Å². The van der Waals surface area contributed by atoms with E-state index in [0.29, 0.717) is 31.4 Å². The summed E-state index contributed by atoms with van der Waals surface area (Å²) in [4.78, 5) is 41.2. The number of carbonyl (C=O) groups excluding carboxylic acids is 3. The summed E-state index contributed by atoms with van der Waals surface area (Å²) in [6, 6.07) is 1.27. The summed E-state index contributed by atoms with van der Waals surface area (Å²) in [7, 11) is 0. The van der Waals surface area contributed by atoms with Crippen molar-refractivity contribution < 1.29 is 14.4 Å². The van der Waals surface area contributed by atoms with E-state index in [0.717, 1.165) is 5.56 Å². The van der Waals surface area contributed by atoms with Gasteiger partial charge in [-0.15, -0.1) is 0 Å². The molecule has 1 amide bonds. The number of hydrogen-bond donors (Lipinski definition) is 0. The molecule has 0 aromatic carbocycles. The maximum atomic E-state index is 12.4. The topological polar surface area (TPSA) is 67.3 Å². The van der Waals surface area contributed by atoms with Crippen LogP contribution in [-0.4, -0.2) is 39.9 Å². The average molecular weight is 258 g/mol. The third-order valence-corrected chi connectivity index (χ3v) is 3.83. The minimum atomic E-state index is -0.425. The number of fused-ring (bicyclic) bond motifs is 1. The monoisotopic (exact) mass is 258 g/mol. The van der Waals surface area contributed by atoms with E-state index < -0.39 is 6.04 Å². The van der Waals surface area contributed by atoms with Crippen molar-refractivity contribution in [3.63, 3.8) is 0 Å². The van der Waals surface area contributed by atoms with Crippen LogP contribution in [0.2, 0.25) is 0 Å². The number of Topliss-reactive ketones (excluding diaryl/α,β-unsaturated/α-hetero) is 2. The van der Waals surface area contributed by atoms with Crippen LogP contribution in [0.25, 0.3) is 0 Å². The van der Waals surface area contributed by atoms with Crippen molar-refractivity contribution in [3.05, 3.63) is 29.6 Å². The molecule has 1 atom stereocenters. The molecule has 19 heavy (non-hydrogen) atoms. The number of amides is 1. The van der Waals surface area contributed by atoms with Crippen molar-refractivity contribution in [1.29, 1.82) is 0 Å². The normalized spacial score (nSPS) is 23.5. The summed E-state index contributed by atoms with van der Waals surface area (Å²) in [6.45, 7) is 0.530. The molecule has 1 unspecified atom stereocenters. The largest absolute Gasteiger partial charge is 0.328 e. The number of rotatable bonds is 1. The van der Waals surface area contributed by atoms with E-state index in [1.54, 1.807) is 23.4 Å². The maximum Gasteiger partial charge on any atom is 0.254 e. The summed E-state index contributed by atoms with van der Waals surface area (Å²) >= 11 is 0. The zero-order valence-corrected chi connectivity index (χ0v) is 10.5. The Morgan fingerprint density at radius 2 is 2.05 bits per heavy atom. The fraction of sp³-hybridized carbons (Fsp3) is 0.429. The molecular weight excluding hydrogens is 244 g/mol. The molecule has 98 valence electrons. The van der Waals surface area contributed by atoms with Gasteiger partial charge in [-0.2, -0.15) is 0 Å². The van der Waals surface area contributed by atoms with Gasteiger partial charge in [0.1, 0.15) is 5.78 Å². The lowest BCUT2D eigenvalue weighted by atomic mass is 9.89. The Hall–Kier alpha value is -2.04. The smallest absolute Gasteiger partial charge is 0.254 e. The van der Waals surface area contributed by atoms with E-state index in [4.69, 9.17) is 0 Å². The van der Waals surface area contributed by atoms with Gasteiger partial charge in [0.2, 0.25) is 0 Å². The van der Waals surface area contributed by atoms with Gasteiger partial charge in [0.05, 0.1) is 12.5 Å². The molecule has 0 spiro atoms. The van der Waals surface area contributed by atoms with Gasteiger partial charge in [0.25, 0.3) is 5.91 Å². The average Bonchev–Trinajstić information content (AvgIpc) is 2.41. The van der Waals surface area contributed by atoms with Crippen LogP contribution in [0.5, 0.6) is 0 Å². The zero-order chi connectivity index (χ0) is 13.4. The molecule has 1 fully saturated rings. The molecule has 1 saturated carbocycles. The summed E-state index contributed by atoms with van der Waals surface area (Å²) in [5.41, 5.74) is 1.56. The van der Waals surface area contributed by atoms with Gasteiger partial charge in [-0.05, 0) is 24.5 Å². The first-order chi connectivity index (χ1) is 9.16. The zero-order valence-electron chi connectivity index (χ0n) is 10.5. The quantitative estimate of drug-likeness (QED) is 0.698. The first-order valence-electron chi connectivity index (χ1n) is 6.45. The van der Waals surface area contributed by atoms with Crippen LogP contribution in [0, 0.1) is 0 Å². The van der Waals surface area contributed by atoms with Crippen molar-refractivity contribution in [2.45, 2.75) is 31.7 Å². The van der Waals surface area contributed by atoms with Crippen LogP contribution >= 0.6 is 0 Å². The van der Waals surface area contributed by atoms with Crippen LogP contribution in [0.3, 0.4) is 0 Å². The van der Waals surface area contributed by atoms with E-state index in [1.807, 2.05) is 0 Å². The second kappa shape index (κ2) is 4.57. The van der Waals surface area contributed by atoms with Crippen LogP contribution < -0.4 is 0 Å². The van der Waals surface area contributed by atoms with Crippen LogP contribution in [0.4, 0.5) is 0 Å². The predicted molar refractivity (Wildman–Crippen MR) is 66.6 cm³/mol. The first-order valence-corrected chi connectivity index (χ1v) is 6.45. The molecule has 5 heteroatoms. The molecular formula is C14H14N2O3. The SMILES string of the molecule is O=C1CCC(N2CCc3cnccc3C2=O)C(=O)C1. The number of nitrogens with zero attached hydrogens (tertiary/aromatic N) is 2. The van der Waals surface area contributed by atoms with Gasteiger partial charge in [-0.3, -0.25) is 19.4 Å². The van der Waals surface area contributed by atoms with E-state index in [-0.39, 0.29) is 23.9 Å². The lowest BCUT2D eigenvalue weighted by molar-refractivity contribution is -0.133. The molecule has 2 heterocycles. The van der Waals surface area contributed by atoms with Gasteiger partial charge in [0, 0.05) is 30.9 Å². The van der Waals surface area contributed by atoms with E-state index in [9.17, 15) is 14.4 Å². The lowest BCUT2D eigenvalue weighted by Gasteiger charge is -2.36. The maximum absolute atomic E-state index is 12.4. The molecule has 0 bridgehead atoms. The standard InChI is InChI=1S/C14H14N2O3/c17-10-1-2-12(13(18)7-10)16-6-4-9-8-15-5-3-11(9)14(16)19/h3,5,8,12H,1-2,4,6-7H2. The number of aromatic nitrogens is 1. The lowest BCUT2D eigenvalue weighted by Crippen LogP contribution is -2.50. The number of hydrogen-bond acceptors (Lipinski definition) is 4. The van der Waals surface area contributed by atoms with Crippen molar-refractivity contribution in [2.75, 3.05) is 6.54 Å². The highest BCUT2D eigenvalue weighted by Gasteiger charge is 2.36. The highest BCUT2D eigenvalue weighted by Crippen LogP contribution is 2.24. The summed E-state index contributed by atoms with van der Waals surface area (Å²) in [6.07, 6.45) is 4.83. The van der Waals surface area contributed by atoms with Crippen molar-refractivity contribution in [1.82, 2.24) is 9.88 Å². The third-order valence-electron chi connectivity index (χ3n) is 3.83. The Kier molecular flexibility index (Phi) is 2.89. The van der Waals surface area contributed by atoms with Crippen molar-refractivity contribution in [2.24, 2.45) is 0 Å². The van der Waals surface area contributed by atoms with Gasteiger partial charge < -0.3 is 4.90 Å².